The van der Waals surface area contributed by atoms with Crippen LogP contribution in [0.15, 0.2) is 57.2 Å². The quantitative estimate of drug-likeness (QED) is 0.515. The lowest BCUT2D eigenvalue weighted by molar-refractivity contribution is 0.416. The number of halogens is 1. The minimum absolute atomic E-state index is 0.335. The number of nitrogens with zero attached hydrogens (tertiary/aromatic N) is 2. The van der Waals surface area contributed by atoms with Gasteiger partial charge in [-0.2, -0.15) is 4.31 Å². The first-order valence-corrected chi connectivity index (χ1v) is 12.0. The molecule has 3 aromatic rings. The van der Waals surface area contributed by atoms with E-state index in [1.165, 1.54) is 11.3 Å². The fourth-order valence-electron chi connectivity index (χ4n) is 3.25. The van der Waals surface area contributed by atoms with Gasteiger partial charge in [0.1, 0.15) is 10.8 Å². The minimum atomic E-state index is -3.40. The second-order valence-electron chi connectivity index (χ2n) is 6.52. The molecule has 1 saturated heterocycles. The number of thiazole rings is 1. The number of rotatable bonds is 5. The lowest BCUT2D eigenvalue weighted by Crippen LogP contribution is -2.27. The van der Waals surface area contributed by atoms with Gasteiger partial charge in [-0.15, -0.1) is 11.3 Å². The zero-order valence-electron chi connectivity index (χ0n) is 15.3. The number of sulfonamides is 1. The summed E-state index contributed by atoms with van der Waals surface area (Å²) in [7, 11) is -1.76. The number of methoxy groups -OCH3 is 1. The van der Waals surface area contributed by atoms with Gasteiger partial charge in [0.2, 0.25) is 10.0 Å². The van der Waals surface area contributed by atoms with E-state index in [1.807, 2.05) is 35.7 Å². The maximum Gasteiger partial charge on any atom is 0.243 e. The third-order valence-corrected chi connectivity index (χ3v) is 8.03. The number of hydrogen-bond acceptors (Lipinski definition) is 5. The summed E-state index contributed by atoms with van der Waals surface area (Å²) in [6.07, 6.45) is 1.86. The summed E-state index contributed by atoms with van der Waals surface area (Å²) in [4.78, 5) is 5.06. The van der Waals surface area contributed by atoms with Crippen LogP contribution in [0, 0.1) is 0 Å². The molecule has 0 aliphatic carbocycles. The number of benzene rings is 2. The van der Waals surface area contributed by atoms with E-state index >= 15 is 0 Å². The molecule has 0 amide bonds. The maximum absolute atomic E-state index is 12.7. The van der Waals surface area contributed by atoms with Gasteiger partial charge in [-0.1, -0.05) is 28.1 Å². The SMILES string of the molecule is COc1ccc(Br)cc1-c1nc(-c2ccc(S(=O)(=O)N3CCCC3)cc2)cs1. The Bertz CT molecular complexity index is 1090. The van der Waals surface area contributed by atoms with Crippen LogP contribution in [0.4, 0.5) is 0 Å². The Labute approximate surface area is 177 Å². The van der Waals surface area contributed by atoms with Crippen molar-refractivity contribution in [1.29, 1.82) is 0 Å². The predicted octanol–water partition coefficient (Wildman–Crippen LogP) is 5.03. The molecule has 8 heteroatoms. The summed E-state index contributed by atoms with van der Waals surface area (Å²) in [5.74, 6) is 0.760. The van der Waals surface area contributed by atoms with Crippen LogP contribution in [0.5, 0.6) is 5.75 Å². The van der Waals surface area contributed by atoms with Crippen molar-refractivity contribution in [1.82, 2.24) is 9.29 Å². The van der Waals surface area contributed by atoms with Crippen molar-refractivity contribution in [3.63, 3.8) is 0 Å². The van der Waals surface area contributed by atoms with Gasteiger partial charge in [0.25, 0.3) is 0 Å². The average Bonchev–Trinajstić information content (AvgIpc) is 3.40. The summed E-state index contributed by atoms with van der Waals surface area (Å²) in [5, 5.41) is 2.82. The standard InChI is InChI=1S/C20H19BrN2O3S2/c1-26-19-9-6-15(21)12-17(19)20-22-18(13-27-20)14-4-7-16(8-5-14)28(24,25)23-10-2-3-11-23/h4-9,12-13H,2-3,10-11H2,1H3. The van der Waals surface area contributed by atoms with Gasteiger partial charge in [-0.3, -0.25) is 0 Å². The van der Waals surface area contributed by atoms with E-state index in [-0.39, 0.29) is 0 Å². The Hall–Kier alpha value is -1.74. The molecule has 1 aliphatic heterocycles. The lowest BCUT2D eigenvalue weighted by Gasteiger charge is -2.15. The number of hydrogen-bond donors (Lipinski definition) is 0. The van der Waals surface area contributed by atoms with Crippen LogP contribution in [0.1, 0.15) is 12.8 Å². The van der Waals surface area contributed by atoms with Crippen molar-refractivity contribution >= 4 is 37.3 Å². The molecule has 0 N–H and O–H groups in total. The Morgan fingerprint density at radius 3 is 2.50 bits per heavy atom. The van der Waals surface area contributed by atoms with E-state index in [2.05, 4.69) is 15.9 Å². The summed E-state index contributed by atoms with van der Waals surface area (Å²) in [6.45, 7) is 1.21. The van der Waals surface area contributed by atoms with Crippen LogP contribution in [0.2, 0.25) is 0 Å². The molecule has 0 bridgehead atoms. The van der Waals surface area contributed by atoms with Crippen molar-refractivity contribution < 1.29 is 13.2 Å². The normalized spacial score (nSPS) is 15.1. The van der Waals surface area contributed by atoms with Crippen molar-refractivity contribution in [2.24, 2.45) is 0 Å². The topological polar surface area (TPSA) is 59.5 Å². The van der Waals surface area contributed by atoms with Gasteiger partial charge in [0.05, 0.1) is 23.3 Å². The van der Waals surface area contributed by atoms with E-state index in [0.717, 1.165) is 44.9 Å². The largest absolute Gasteiger partial charge is 0.496 e. The van der Waals surface area contributed by atoms with Gasteiger partial charge in [0.15, 0.2) is 0 Å². The van der Waals surface area contributed by atoms with E-state index in [0.29, 0.717) is 18.0 Å². The minimum Gasteiger partial charge on any atom is -0.496 e. The van der Waals surface area contributed by atoms with Crippen molar-refractivity contribution in [2.45, 2.75) is 17.7 Å². The first kappa shape index (κ1) is 19.6. The van der Waals surface area contributed by atoms with Gasteiger partial charge in [0, 0.05) is 28.5 Å². The fourth-order valence-corrected chi connectivity index (χ4v) is 5.98. The molecule has 4 rings (SSSR count). The van der Waals surface area contributed by atoms with Gasteiger partial charge < -0.3 is 4.74 Å². The van der Waals surface area contributed by atoms with E-state index in [9.17, 15) is 8.42 Å². The van der Waals surface area contributed by atoms with E-state index < -0.39 is 10.0 Å². The maximum atomic E-state index is 12.7. The van der Waals surface area contributed by atoms with Gasteiger partial charge in [-0.25, -0.2) is 13.4 Å². The third kappa shape index (κ3) is 3.74. The predicted molar refractivity (Wildman–Crippen MR) is 115 cm³/mol. The molecule has 0 unspecified atom stereocenters. The first-order valence-electron chi connectivity index (χ1n) is 8.89. The zero-order valence-corrected chi connectivity index (χ0v) is 18.5. The first-order chi connectivity index (χ1) is 13.5. The van der Waals surface area contributed by atoms with Crippen LogP contribution in [-0.2, 0) is 10.0 Å². The molecule has 2 heterocycles. The Kier molecular flexibility index (Phi) is 5.55. The molecule has 0 saturated carbocycles. The monoisotopic (exact) mass is 478 g/mol. The number of aromatic nitrogens is 1. The highest BCUT2D eigenvalue weighted by molar-refractivity contribution is 9.10. The van der Waals surface area contributed by atoms with E-state index in [4.69, 9.17) is 9.72 Å². The van der Waals surface area contributed by atoms with Crippen molar-refractivity contribution in [2.75, 3.05) is 20.2 Å². The molecule has 0 spiro atoms. The zero-order chi connectivity index (χ0) is 19.7. The van der Waals surface area contributed by atoms with Crippen molar-refractivity contribution in [3.05, 3.63) is 52.3 Å². The second-order valence-corrected chi connectivity index (χ2v) is 10.2. The van der Waals surface area contributed by atoms with E-state index in [1.54, 1.807) is 23.5 Å². The van der Waals surface area contributed by atoms with Crippen LogP contribution in [0.25, 0.3) is 21.8 Å². The molecule has 2 aromatic carbocycles. The van der Waals surface area contributed by atoms with Crippen LogP contribution in [-0.4, -0.2) is 37.9 Å². The molecule has 28 heavy (non-hydrogen) atoms. The average molecular weight is 479 g/mol. The highest BCUT2D eigenvalue weighted by Crippen LogP contribution is 2.36. The summed E-state index contributed by atoms with van der Waals surface area (Å²) in [5.41, 5.74) is 2.62. The molecule has 146 valence electrons. The second kappa shape index (κ2) is 7.94. The molecule has 0 radical (unpaired) electrons. The van der Waals surface area contributed by atoms with Gasteiger partial charge >= 0.3 is 0 Å². The molecule has 1 fully saturated rings. The smallest absolute Gasteiger partial charge is 0.243 e. The lowest BCUT2D eigenvalue weighted by atomic mass is 10.2. The summed E-state index contributed by atoms with van der Waals surface area (Å²) >= 11 is 5.02. The van der Waals surface area contributed by atoms with Crippen LogP contribution < -0.4 is 4.74 Å². The number of ether oxygens (including phenoxy) is 1. The highest BCUT2D eigenvalue weighted by atomic mass is 79.9. The Morgan fingerprint density at radius 2 is 1.82 bits per heavy atom. The van der Waals surface area contributed by atoms with Crippen molar-refractivity contribution in [3.8, 4) is 27.6 Å². The Balaban J connectivity index is 1.62. The summed E-state index contributed by atoms with van der Waals surface area (Å²) < 4.78 is 33.3. The van der Waals surface area contributed by atoms with Crippen LogP contribution in [0.3, 0.4) is 0 Å². The Morgan fingerprint density at radius 1 is 1.11 bits per heavy atom. The molecule has 1 aliphatic rings. The molecule has 1 aromatic heterocycles. The highest BCUT2D eigenvalue weighted by Gasteiger charge is 2.27. The molecule has 5 nitrogen and oxygen atoms in total. The molecular formula is C20H19BrN2O3S2. The van der Waals surface area contributed by atoms with Crippen LogP contribution >= 0.6 is 27.3 Å². The van der Waals surface area contributed by atoms with Gasteiger partial charge in [-0.05, 0) is 43.2 Å². The molecule has 0 atom stereocenters. The third-order valence-electron chi connectivity index (χ3n) is 4.75. The fraction of sp³-hybridized carbons (Fsp3) is 0.250. The molecular weight excluding hydrogens is 460 g/mol. The summed E-state index contributed by atoms with van der Waals surface area (Å²) in [6, 6.07) is 12.8.